The van der Waals surface area contributed by atoms with E-state index in [1.807, 2.05) is 18.2 Å². The van der Waals surface area contributed by atoms with E-state index in [9.17, 15) is 14.0 Å². The second kappa shape index (κ2) is 9.32. The van der Waals surface area contributed by atoms with E-state index in [1.54, 1.807) is 0 Å². The molecular weight excluding hydrogens is 361 g/mol. The number of amides is 2. The van der Waals surface area contributed by atoms with Crippen molar-refractivity contribution in [3.05, 3.63) is 59.9 Å². The molecule has 1 aliphatic heterocycles. The van der Waals surface area contributed by atoms with Gasteiger partial charge in [0.15, 0.2) is 0 Å². The minimum Gasteiger partial charge on any atom is -0.453 e. The standard InChI is InChI=1S/C21H24FN3O3/c1-28-21(27)24-19-12-17(9-10-18(19)22)23-20(26)16-8-5-11-25(14-16)13-15-6-3-2-4-7-15/h2-4,6-7,9-10,12,16H,5,8,11,13-14H2,1H3,(H,23,26)(H,24,27). The number of carbonyl (C=O) groups is 2. The Bertz CT molecular complexity index is 829. The Morgan fingerprint density at radius 1 is 1.18 bits per heavy atom. The topological polar surface area (TPSA) is 70.7 Å². The van der Waals surface area contributed by atoms with Crippen molar-refractivity contribution < 1.29 is 18.7 Å². The zero-order valence-corrected chi connectivity index (χ0v) is 15.8. The van der Waals surface area contributed by atoms with E-state index in [2.05, 4.69) is 32.4 Å². The van der Waals surface area contributed by atoms with Gasteiger partial charge < -0.3 is 10.1 Å². The number of ether oxygens (including phenoxy) is 1. The fraction of sp³-hybridized carbons (Fsp3) is 0.333. The number of halogens is 1. The average Bonchev–Trinajstić information content (AvgIpc) is 2.71. The van der Waals surface area contributed by atoms with Crippen molar-refractivity contribution in [2.75, 3.05) is 30.8 Å². The summed E-state index contributed by atoms with van der Waals surface area (Å²) in [6, 6.07) is 14.2. The molecule has 3 rings (SSSR count). The smallest absolute Gasteiger partial charge is 0.411 e. The summed E-state index contributed by atoms with van der Waals surface area (Å²) in [6.07, 6.45) is 0.987. The quantitative estimate of drug-likeness (QED) is 0.820. The minimum atomic E-state index is -0.772. The zero-order chi connectivity index (χ0) is 19.9. The van der Waals surface area contributed by atoms with Crippen LogP contribution in [-0.4, -0.2) is 37.1 Å². The predicted octanol–water partition coefficient (Wildman–Crippen LogP) is 3.85. The zero-order valence-electron chi connectivity index (χ0n) is 15.8. The van der Waals surface area contributed by atoms with E-state index in [4.69, 9.17) is 0 Å². The lowest BCUT2D eigenvalue weighted by Gasteiger charge is -2.32. The number of hydrogen-bond acceptors (Lipinski definition) is 4. The SMILES string of the molecule is COC(=O)Nc1cc(NC(=O)C2CCCN(Cc3ccccc3)C2)ccc1F. The molecule has 0 aliphatic carbocycles. The highest BCUT2D eigenvalue weighted by atomic mass is 19.1. The van der Waals surface area contributed by atoms with E-state index < -0.39 is 11.9 Å². The maximum absolute atomic E-state index is 13.8. The van der Waals surface area contributed by atoms with Crippen LogP contribution in [0, 0.1) is 11.7 Å². The Labute approximate surface area is 163 Å². The van der Waals surface area contributed by atoms with Crippen LogP contribution in [0.5, 0.6) is 0 Å². The second-order valence-electron chi connectivity index (χ2n) is 6.86. The molecule has 2 amide bonds. The summed E-state index contributed by atoms with van der Waals surface area (Å²) in [5.41, 5.74) is 1.61. The first kappa shape index (κ1) is 19.8. The van der Waals surface area contributed by atoms with E-state index in [0.29, 0.717) is 12.2 Å². The van der Waals surface area contributed by atoms with Crippen molar-refractivity contribution in [1.29, 1.82) is 0 Å². The molecule has 2 aromatic rings. The van der Waals surface area contributed by atoms with Gasteiger partial charge >= 0.3 is 6.09 Å². The highest BCUT2D eigenvalue weighted by Crippen LogP contribution is 2.23. The Kier molecular flexibility index (Phi) is 6.60. The molecule has 0 spiro atoms. The lowest BCUT2D eigenvalue weighted by Crippen LogP contribution is -2.40. The van der Waals surface area contributed by atoms with E-state index >= 15 is 0 Å². The number of piperidine rings is 1. The number of rotatable bonds is 5. The Morgan fingerprint density at radius 2 is 1.96 bits per heavy atom. The van der Waals surface area contributed by atoms with Gasteiger partial charge in [0.05, 0.1) is 18.7 Å². The molecule has 1 heterocycles. The van der Waals surface area contributed by atoms with Crippen molar-refractivity contribution in [2.45, 2.75) is 19.4 Å². The number of benzene rings is 2. The van der Waals surface area contributed by atoms with Crippen molar-refractivity contribution in [3.63, 3.8) is 0 Å². The molecule has 0 bridgehead atoms. The average molecular weight is 385 g/mol. The number of hydrogen-bond donors (Lipinski definition) is 2. The van der Waals surface area contributed by atoms with Crippen molar-refractivity contribution in [3.8, 4) is 0 Å². The molecule has 2 aromatic carbocycles. The van der Waals surface area contributed by atoms with Crippen molar-refractivity contribution >= 4 is 23.4 Å². The normalized spacial score (nSPS) is 17.0. The maximum Gasteiger partial charge on any atom is 0.411 e. The molecule has 1 unspecified atom stereocenters. The number of methoxy groups -OCH3 is 1. The molecule has 0 radical (unpaired) electrons. The summed E-state index contributed by atoms with van der Waals surface area (Å²) in [6.45, 7) is 2.45. The van der Waals surface area contributed by atoms with Crippen LogP contribution in [0.3, 0.4) is 0 Å². The highest BCUT2D eigenvalue weighted by Gasteiger charge is 2.26. The van der Waals surface area contributed by atoms with Crippen molar-refractivity contribution in [2.24, 2.45) is 5.92 Å². The number of likely N-dealkylation sites (tertiary alicyclic amines) is 1. The molecule has 0 aromatic heterocycles. The monoisotopic (exact) mass is 385 g/mol. The maximum atomic E-state index is 13.8. The highest BCUT2D eigenvalue weighted by molar-refractivity contribution is 5.94. The fourth-order valence-corrected chi connectivity index (χ4v) is 3.36. The van der Waals surface area contributed by atoms with Crippen LogP contribution in [0.4, 0.5) is 20.6 Å². The number of carbonyl (C=O) groups excluding carboxylic acids is 2. The van der Waals surface area contributed by atoms with Crippen LogP contribution in [0.1, 0.15) is 18.4 Å². The molecule has 1 aliphatic rings. The van der Waals surface area contributed by atoms with E-state index in [-0.39, 0.29) is 17.5 Å². The molecule has 7 heteroatoms. The number of anilines is 2. The van der Waals surface area contributed by atoms with Gasteiger partial charge in [-0.1, -0.05) is 30.3 Å². The van der Waals surface area contributed by atoms with Gasteiger partial charge in [-0.05, 0) is 43.1 Å². The van der Waals surface area contributed by atoms with Gasteiger partial charge in [-0.25, -0.2) is 9.18 Å². The van der Waals surface area contributed by atoms with E-state index in [0.717, 1.165) is 25.9 Å². The van der Waals surface area contributed by atoms with Crippen LogP contribution in [0.25, 0.3) is 0 Å². The van der Waals surface area contributed by atoms with Gasteiger partial charge in [0.1, 0.15) is 5.82 Å². The lowest BCUT2D eigenvalue weighted by molar-refractivity contribution is -0.121. The summed E-state index contributed by atoms with van der Waals surface area (Å²) in [7, 11) is 1.20. The third-order valence-electron chi connectivity index (χ3n) is 4.78. The van der Waals surface area contributed by atoms with Crippen LogP contribution in [-0.2, 0) is 16.1 Å². The number of nitrogens with one attached hydrogen (secondary N) is 2. The molecular formula is C21H24FN3O3. The summed E-state index contributed by atoms with van der Waals surface area (Å²) in [4.78, 5) is 26.3. The van der Waals surface area contributed by atoms with Crippen molar-refractivity contribution in [1.82, 2.24) is 4.90 Å². The summed E-state index contributed by atoms with van der Waals surface area (Å²) in [5, 5.41) is 5.12. The second-order valence-corrected chi connectivity index (χ2v) is 6.86. The first-order valence-corrected chi connectivity index (χ1v) is 9.27. The predicted molar refractivity (Wildman–Crippen MR) is 106 cm³/mol. The molecule has 2 N–H and O–H groups in total. The van der Waals surface area contributed by atoms with Gasteiger partial charge in [0.25, 0.3) is 0 Å². The number of nitrogens with zero attached hydrogens (tertiary/aromatic N) is 1. The molecule has 1 atom stereocenters. The summed E-state index contributed by atoms with van der Waals surface area (Å²) in [5.74, 6) is -0.844. The minimum absolute atomic E-state index is 0.0426. The molecule has 1 fully saturated rings. The third kappa shape index (κ3) is 5.29. The largest absolute Gasteiger partial charge is 0.453 e. The first-order chi connectivity index (χ1) is 13.5. The van der Waals surface area contributed by atoms with Gasteiger partial charge in [-0.3, -0.25) is 15.0 Å². The Balaban J connectivity index is 1.61. The van der Waals surface area contributed by atoms with E-state index in [1.165, 1.54) is 30.9 Å². The third-order valence-corrected chi connectivity index (χ3v) is 4.78. The van der Waals surface area contributed by atoms with Crippen LogP contribution in [0.2, 0.25) is 0 Å². The Morgan fingerprint density at radius 3 is 2.71 bits per heavy atom. The van der Waals surface area contributed by atoms with Gasteiger partial charge in [0, 0.05) is 18.8 Å². The van der Waals surface area contributed by atoms with Gasteiger partial charge in [0.2, 0.25) is 5.91 Å². The van der Waals surface area contributed by atoms with Crippen LogP contribution in [0.15, 0.2) is 48.5 Å². The fourth-order valence-electron chi connectivity index (χ4n) is 3.36. The molecule has 1 saturated heterocycles. The van der Waals surface area contributed by atoms with Gasteiger partial charge in [-0.15, -0.1) is 0 Å². The van der Waals surface area contributed by atoms with Crippen LogP contribution < -0.4 is 10.6 Å². The van der Waals surface area contributed by atoms with Crippen LogP contribution >= 0.6 is 0 Å². The lowest BCUT2D eigenvalue weighted by atomic mass is 9.96. The van der Waals surface area contributed by atoms with Gasteiger partial charge in [-0.2, -0.15) is 0 Å². The molecule has 6 nitrogen and oxygen atoms in total. The Hall–Kier alpha value is -2.93. The first-order valence-electron chi connectivity index (χ1n) is 9.27. The summed E-state index contributed by atoms with van der Waals surface area (Å²) < 4.78 is 18.3. The molecule has 0 saturated carbocycles. The molecule has 148 valence electrons. The summed E-state index contributed by atoms with van der Waals surface area (Å²) >= 11 is 0. The molecule has 28 heavy (non-hydrogen) atoms.